The summed E-state index contributed by atoms with van der Waals surface area (Å²) in [6.07, 6.45) is 0. The molecule has 0 aliphatic rings. The van der Waals surface area contributed by atoms with Crippen molar-refractivity contribution in [3.8, 4) is 16.9 Å². The average Bonchev–Trinajstić information content (AvgIpc) is 2.43. The molecule has 0 saturated carbocycles. The van der Waals surface area contributed by atoms with Crippen molar-refractivity contribution < 1.29 is 5.11 Å². The third-order valence-corrected chi connectivity index (χ3v) is 3.58. The van der Waals surface area contributed by atoms with Crippen LogP contribution in [0.4, 0.5) is 0 Å². The summed E-state index contributed by atoms with van der Waals surface area (Å²) in [4.78, 5) is 0. The van der Waals surface area contributed by atoms with Crippen LogP contribution in [0.15, 0.2) is 54.6 Å². The van der Waals surface area contributed by atoms with Crippen LogP contribution >= 0.6 is 11.6 Å². The number of benzene rings is 3. The number of phenols is 1. The molecule has 1 nitrogen and oxygen atoms in total. The predicted molar refractivity (Wildman–Crippen MR) is 80.8 cm³/mol. The summed E-state index contributed by atoms with van der Waals surface area (Å²) in [6.45, 7) is 1.91. The van der Waals surface area contributed by atoms with Gasteiger partial charge in [0.1, 0.15) is 5.75 Å². The highest BCUT2D eigenvalue weighted by atomic mass is 35.5. The molecule has 3 rings (SSSR count). The highest BCUT2D eigenvalue weighted by Crippen LogP contribution is 2.37. The van der Waals surface area contributed by atoms with E-state index in [1.807, 2.05) is 43.3 Å². The van der Waals surface area contributed by atoms with Crippen molar-refractivity contribution in [2.24, 2.45) is 0 Å². The molecule has 94 valence electrons. The number of hydrogen-bond donors (Lipinski definition) is 1. The molecule has 0 saturated heterocycles. The first-order valence-corrected chi connectivity index (χ1v) is 6.52. The summed E-state index contributed by atoms with van der Waals surface area (Å²) in [5, 5.41) is 12.7. The number of halogens is 1. The maximum Gasteiger partial charge on any atom is 0.126 e. The molecule has 2 heteroatoms. The second-order valence-corrected chi connectivity index (χ2v) is 5.08. The van der Waals surface area contributed by atoms with Crippen LogP contribution in [0.3, 0.4) is 0 Å². The van der Waals surface area contributed by atoms with Crippen LogP contribution in [-0.4, -0.2) is 5.11 Å². The zero-order chi connectivity index (χ0) is 13.4. The third kappa shape index (κ3) is 2.06. The second kappa shape index (κ2) is 4.60. The Bertz CT molecular complexity index is 748. The minimum Gasteiger partial charge on any atom is -0.507 e. The van der Waals surface area contributed by atoms with Gasteiger partial charge in [0.15, 0.2) is 0 Å². The minimum atomic E-state index is 0.325. The molecule has 1 N–H and O–H groups in total. The van der Waals surface area contributed by atoms with Crippen molar-refractivity contribution in [3.63, 3.8) is 0 Å². The van der Waals surface area contributed by atoms with Crippen molar-refractivity contribution >= 4 is 22.4 Å². The minimum absolute atomic E-state index is 0.325. The van der Waals surface area contributed by atoms with Crippen LogP contribution in [-0.2, 0) is 0 Å². The van der Waals surface area contributed by atoms with E-state index in [0.29, 0.717) is 10.8 Å². The topological polar surface area (TPSA) is 20.2 Å². The standard InChI is InChI=1S/C17H13ClO/c1-11-9-15(12-5-3-2-4-6-12)16-10-13(18)7-8-14(16)17(11)19/h2-10,19H,1H3. The normalized spacial score (nSPS) is 10.8. The molecular weight excluding hydrogens is 256 g/mol. The van der Waals surface area contributed by atoms with Gasteiger partial charge in [-0.25, -0.2) is 0 Å². The van der Waals surface area contributed by atoms with Gasteiger partial charge in [0, 0.05) is 10.4 Å². The molecule has 0 fully saturated rings. The van der Waals surface area contributed by atoms with Gasteiger partial charge in [-0.1, -0.05) is 41.9 Å². The number of fused-ring (bicyclic) bond motifs is 1. The Labute approximate surface area is 117 Å². The van der Waals surface area contributed by atoms with E-state index in [9.17, 15) is 5.11 Å². The Balaban J connectivity index is 2.42. The lowest BCUT2D eigenvalue weighted by molar-refractivity contribution is 0.477. The molecule has 0 spiro atoms. The van der Waals surface area contributed by atoms with E-state index in [1.54, 1.807) is 6.07 Å². The molecule has 0 unspecified atom stereocenters. The first-order valence-electron chi connectivity index (χ1n) is 6.14. The average molecular weight is 269 g/mol. The molecule has 0 aliphatic heterocycles. The van der Waals surface area contributed by atoms with Gasteiger partial charge < -0.3 is 5.11 Å². The van der Waals surface area contributed by atoms with Crippen LogP contribution in [0.2, 0.25) is 5.02 Å². The van der Waals surface area contributed by atoms with Crippen LogP contribution < -0.4 is 0 Å². The van der Waals surface area contributed by atoms with E-state index < -0.39 is 0 Å². The lowest BCUT2D eigenvalue weighted by Crippen LogP contribution is -1.85. The van der Waals surface area contributed by atoms with Gasteiger partial charge in [-0.3, -0.25) is 0 Å². The van der Waals surface area contributed by atoms with Crippen molar-refractivity contribution in [2.75, 3.05) is 0 Å². The summed E-state index contributed by atoms with van der Waals surface area (Å²) in [5.74, 6) is 0.325. The summed E-state index contributed by atoms with van der Waals surface area (Å²) >= 11 is 6.09. The Morgan fingerprint density at radius 3 is 2.37 bits per heavy atom. The molecule has 19 heavy (non-hydrogen) atoms. The highest BCUT2D eigenvalue weighted by molar-refractivity contribution is 6.31. The SMILES string of the molecule is Cc1cc(-c2ccccc2)c2cc(Cl)ccc2c1O. The van der Waals surface area contributed by atoms with Gasteiger partial charge in [0.25, 0.3) is 0 Å². The van der Waals surface area contributed by atoms with E-state index in [-0.39, 0.29) is 0 Å². The first-order chi connectivity index (χ1) is 9.16. The fourth-order valence-corrected chi connectivity index (χ4v) is 2.55. The van der Waals surface area contributed by atoms with Gasteiger partial charge in [0.2, 0.25) is 0 Å². The molecule has 0 aromatic heterocycles. The van der Waals surface area contributed by atoms with Gasteiger partial charge in [-0.05, 0) is 53.3 Å². The van der Waals surface area contributed by atoms with Crippen LogP contribution in [0.5, 0.6) is 5.75 Å². The molecule has 0 aliphatic carbocycles. The Morgan fingerprint density at radius 1 is 0.895 bits per heavy atom. The molecule has 3 aromatic rings. The van der Waals surface area contributed by atoms with Gasteiger partial charge in [-0.15, -0.1) is 0 Å². The maximum atomic E-state index is 10.2. The summed E-state index contributed by atoms with van der Waals surface area (Å²) in [5.41, 5.74) is 3.08. The Morgan fingerprint density at radius 2 is 1.63 bits per heavy atom. The smallest absolute Gasteiger partial charge is 0.126 e. The fraction of sp³-hybridized carbons (Fsp3) is 0.0588. The largest absolute Gasteiger partial charge is 0.507 e. The lowest BCUT2D eigenvalue weighted by Gasteiger charge is -2.11. The van der Waals surface area contributed by atoms with Crippen LogP contribution in [0, 0.1) is 6.92 Å². The number of aryl methyl sites for hydroxylation is 1. The van der Waals surface area contributed by atoms with Gasteiger partial charge in [0.05, 0.1) is 0 Å². The zero-order valence-corrected chi connectivity index (χ0v) is 11.3. The van der Waals surface area contributed by atoms with E-state index in [2.05, 4.69) is 12.1 Å². The van der Waals surface area contributed by atoms with Crippen LogP contribution in [0.1, 0.15) is 5.56 Å². The molecule has 0 amide bonds. The number of rotatable bonds is 1. The summed E-state index contributed by atoms with van der Waals surface area (Å²) < 4.78 is 0. The van der Waals surface area contributed by atoms with Gasteiger partial charge in [-0.2, -0.15) is 0 Å². The number of hydrogen-bond acceptors (Lipinski definition) is 1. The monoisotopic (exact) mass is 268 g/mol. The number of phenolic OH excluding ortho intramolecular Hbond substituents is 1. The van der Waals surface area contributed by atoms with Crippen LogP contribution in [0.25, 0.3) is 21.9 Å². The molecular formula is C17H13ClO. The molecule has 0 atom stereocenters. The zero-order valence-electron chi connectivity index (χ0n) is 10.5. The van der Waals surface area contributed by atoms with E-state index in [1.165, 1.54) is 0 Å². The second-order valence-electron chi connectivity index (χ2n) is 4.65. The highest BCUT2D eigenvalue weighted by Gasteiger charge is 2.10. The van der Waals surface area contributed by atoms with Crippen molar-refractivity contribution in [1.29, 1.82) is 0 Å². The molecule has 3 aromatic carbocycles. The predicted octanol–water partition coefficient (Wildman–Crippen LogP) is 5.17. The van der Waals surface area contributed by atoms with Crippen molar-refractivity contribution in [1.82, 2.24) is 0 Å². The van der Waals surface area contributed by atoms with E-state index >= 15 is 0 Å². The Hall–Kier alpha value is -1.99. The number of aromatic hydroxyl groups is 1. The van der Waals surface area contributed by atoms with E-state index in [0.717, 1.165) is 27.5 Å². The maximum absolute atomic E-state index is 10.2. The van der Waals surface area contributed by atoms with E-state index in [4.69, 9.17) is 11.6 Å². The third-order valence-electron chi connectivity index (χ3n) is 3.35. The fourth-order valence-electron chi connectivity index (χ4n) is 2.38. The summed E-state index contributed by atoms with van der Waals surface area (Å²) in [7, 11) is 0. The lowest BCUT2D eigenvalue weighted by atomic mass is 9.95. The molecule has 0 heterocycles. The quantitative estimate of drug-likeness (QED) is 0.645. The van der Waals surface area contributed by atoms with Crippen molar-refractivity contribution in [2.45, 2.75) is 6.92 Å². The first kappa shape index (κ1) is 12.1. The van der Waals surface area contributed by atoms with Gasteiger partial charge >= 0.3 is 0 Å². The Kier molecular flexibility index (Phi) is 2.92. The summed E-state index contributed by atoms with van der Waals surface area (Å²) in [6, 6.07) is 17.7. The molecule has 0 bridgehead atoms. The molecule has 0 radical (unpaired) electrons. The van der Waals surface area contributed by atoms with Crippen molar-refractivity contribution in [3.05, 3.63) is 65.2 Å².